The quantitative estimate of drug-likeness (QED) is 0.0197. The van der Waals surface area contributed by atoms with E-state index in [1.807, 2.05) is 21.1 Å². The lowest BCUT2D eigenvalue weighted by Gasteiger charge is -2.28. The predicted molar refractivity (Wildman–Crippen MR) is 259 cm³/mol. The summed E-state index contributed by atoms with van der Waals surface area (Å²) in [6.07, 6.45) is 52.3. The molecule has 9 heteroatoms. The van der Waals surface area contributed by atoms with Gasteiger partial charge in [-0.3, -0.25) is 9.36 Å². The van der Waals surface area contributed by atoms with Gasteiger partial charge in [0.1, 0.15) is 19.3 Å². The summed E-state index contributed by atoms with van der Waals surface area (Å²) in [5.74, 6) is -0.327. The summed E-state index contributed by atoms with van der Waals surface area (Å²) in [5.41, 5.74) is 0. The fraction of sp³-hybridized carbons (Fsp3) is 0.942. The summed E-state index contributed by atoms with van der Waals surface area (Å²) in [4.78, 5) is 25.2. The van der Waals surface area contributed by atoms with E-state index < -0.39 is 13.9 Å². The van der Waals surface area contributed by atoms with Crippen LogP contribution in [0.5, 0.6) is 0 Å². The third kappa shape index (κ3) is 50.1. The van der Waals surface area contributed by atoms with Crippen molar-refractivity contribution in [2.45, 2.75) is 264 Å². The predicted octanol–water partition coefficient (Wildman–Crippen LogP) is 15.5. The van der Waals surface area contributed by atoms with E-state index in [-0.39, 0.29) is 25.8 Å². The van der Waals surface area contributed by atoms with Crippen LogP contribution in [0.25, 0.3) is 0 Å². The Hall–Kier alpha value is -0.760. The highest BCUT2D eigenvalue weighted by Gasteiger charge is 2.20. The molecule has 0 spiro atoms. The number of carbonyl (C=O) groups excluding carboxylic acids is 1. The van der Waals surface area contributed by atoms with Crippen LogP contribution in [0.1, 0.15) is 258 Å². The molecular formula is C52H104NO7P. The Morgan fingerprint density at radius 3 is 1.25 bits per heavy atom. The monoisotopic (exact) mass is 886 g/mol. The number of carbonyl (C=O) groups is 1. The Bertz CT molecular complexity index is 987. The highest BCUT2D eigenvalue weighted by atomic mass is 31.2. The number of ether oxygens (including phenoxy) is 2. The minimum atomic E-state index is -4.53. The van der Waals surface area contributed by atoms with Gasteiger partial charge >= 0.3 is 5.97 Å². The number of esters is 1. The molecule has 0 rings (SSSR count). The van der Waals surface area contributed by atoms with Gasteiger partial charge < -0.3 is 27.9 Å². The first-order chi connectivity index (χ1) is 29.6. The molecule has 0 aliphatic heterocycles. The van der Waals surface area contributed by atoms with E-state index in [4.69, 9.17) is 18.5 Å². The third-order valence-electron chi connectivity index (χ3n) is 11.8. The van der Waals surface area contributed by atoms with Gasteiger partial charge in [-0.1, -0.05) is 225 Å². The smallest absolute Gasteiger partial charge is 0.306 e. The van der Waals surface area contributed by atoms with E-state index in [0.717, 1.165) is 32.1 Å². The first-order valence-corrected chi connectivity index (χ1v) is 27.9. The van der Waals surface area contributed by atoms with Crippen molar-refractivity contribution in [3.8, 4) is 0 Å². The summed E-state index contributed by atoms with van der Waals surface area (Å²) >= 11 is 0. The number of phosphoric ester groups is 1. The van der Waals surface area contributed by atoms with Gasteiger partial charge in [-0.15, -0.1) is 0 Å². The van der Waals surface area contributed by atoms with Crippen molar-refractivity contribution in [3.05, 3.63) is 12.2 Å². The average Bonchev–Trinajstić information content (AvgIpc) is 3.22. The zero-order chi connectivity index (χ0) is 44.8. The molecule has 2 unspecified atom stereocenters. The fourth-order valence-electron chi connectivity index (χ4n) is 7.72. The first kappa shape index (κ1) is 60.2. The van der Waals surface area contributed by atoms with Gasteiger partial charge in [0.2, 0.25) is 0 Å². The second-order valence-corrected chi connectivity index (χ2v) is 20.7. The van der Waals surface area contributed by atoms with E-state index in [2.05, 4.69) is 26.0 Å². The van der Waals surface area contributed by atoms with Crippen LogP contribution in [0.2, 0.25) is 0 Å². The number of nitrogens with zero attached hydrogens (tertiary/aromatic N) is 1. The molecule has 0 bridgehead atoms. The molecule has 0 radical (unpaired) electrons. The van der Waals surface area contributed by atoms with Gasteiger partial charge in [0, 0.05) is 13.0 Å². The number of hydrogen-bond donors (Lipinski definition) is 0. The summed E-state index contributed by atoms with van der Waals surface area (Å²) in [6.45, 7) is 5.47. The lowest BCUT2D eigenvalue weighted by atomic mass is 10.0. The van der Waals surface area contributed by atoms with Gasteiger partial charge in [0.25, 0.3) is 7.82 Å². The maximum atomic E-state index is 12.7. The molecule has 0 fully saturated rings. The van der Waals surface area contributed by atoms with Gasteiger partial charge in [-0.25, -0.2) is 0 Å². The second-order valence-electron chi connectivity index (χ2n) is 19.2. The van der Waals surface area contributed by atoms with Gasteiger partial charge in [0.05, 0.1) is 34.4 Å². The van der Waals surface area contributed by atoms with Crippen LogP contribution in [0.4, 0.5) is 0 Å². The first-order valence-electron chi connectivity index (χ1n) is 26.4. The van der Waals surface area contributed by atoms with E-state index >= 15 is 0 Å². The molecule has 0 saturated heterocycles. The molecule has 0 aliphatic carbocycles. The van der Waals surface area contributed by atoms with E-state index in [9.17, 15) is 14.3 Å². The van der Waals surface area contributed by atoms with Crippen LogP contribution in [0.15, 0.2) is 12.2 Å². The molecule has 0 aliphatic rings. The standard InChI is InChI=1S/C52H104NO7P/c1-6-8-10-12-14-16-18-20-22-24-26-28-30-32-34-36-38-40-42-44-47-57-49-51(50-59-61(55,56)58-48-46-53(3,4)5)60-52(54)45-43-41-39-37-35-33-31-29-27-25-23-21-19-17-15-13-11-9-7-2/h20,22,51H,6-19,21,23-50H2,1-5H3/b22-20-. The van der Waals surface area contributed by atoms with E-state index in [0.29, 0.717) is 24.1 Å². The highest BCUT2D eigenvalue weighted by Crippen LogP contribution is 2.38. The Kier molecular flexibility index (Phi) is 45.2. The average molecular weight is 886 g/mol. The second kappa shape index (κ2) is 45.8. The summed E-state index contributed by atoms with van der Waals surface area (Å²) in [5, 5.41) is 0. The molecule has 0 amide bonds. The molecular weight excluding hydrogens is 782 g/mol. The summed E-state index contributed by atoms with van der Waals surface area (Å²) in [7, 11) is 1.37. The van der Waals surface area contributed by atoms with Crippen LogP contribution in [-0.2, 0) is 27.9 Å². The minimum Gasteiger partial charge on any atom is -0.756 e. The zero-order valence-corrected chi connectivity index (χ0v) is 42.3. The Morgan fingerprint density at radius 2 is 0.852 bits per heavy atom. The SMILES string of the molecule is CCCCCCCC/C=C\CCCCCCCCCCCCOCC(COP(=O)([O-])OCC[N+](C)(C)C)OC(=O)CCCCCCCCCCCCCCCCCCCCC. The number of allylic oxidation sites excluding steroid dienone is 2. The zero-order valence-electron chi connectivity index (χ0n) is 41.4. The highest BCUT2D eigenvalue weighted by molar-refractivity contribution is 7.45. The van der Waals surface area contributed by atoms with Crippen molar-refractivity contribution < 1.29 is 37.3 Å². The molecule has 364 valence electrons. The largest absolute Gasteiger partial charge is 0.756 e. The van der Waals surface area contributed by atoms with Crippen LogP contribution in [0, 0.1) is 0 Å². The molecule has 8 nitrogen and oxygen atoms in total. The number of unbranched alkanes of at least 4 members (excludes halogenated alkanes) is 34. The molecule has 61 heavy (non-hydrogen) atoms. The van der Waals surface area contributed by atoms with Gasteiger partial charge in [-0.05, 0) is 38.5 Å². The number of phosphoric acid groups is 1. The van der Waals surface area contributed by atoms with Crippen molar-refractivity contribution in [2.75, 3.05) is 54.1 Å². The Morgan fingerprint density at radius 1 is 0.492 bits per heavy atom. The van der Waals surface area contributed by atoms with Crippen molar-refractivity contribution in [3.63, 3.8) is 0 Å². The van der Waals surface area contributed by atoms with Crippen LogP contribution in [-0.4, -0.2) is 70.7 Å². The maximum absolute atomic E-state index is 12.7. The molecule has 0 aromatic heterocycles. The number of likely N-dealkylation sites (N-methyl/N-ethyl adjacent to an activating group) is 1. The molecule has 2 atom stereocenters. The topological polar surface area (TPSA) is 94.1 Å². The summed E-state index contributed by atoms with van der Waals surface area (Å²) in [6, 6.07) is 0. The van der Waals surface area contributed by atoms with Crippen molar-refractivity contribution in [2.24, 2.45) is 0 Å². The van der Waals surface area contributed by atoms with Crippen LogP contribution in [0.3, 0.4) is 0 Å². The molecule has 0 heterocycles. The minimum absolute atomic E-state index is 0.0297. The maximum Gasteiger partial charge on any atom is 0.306 e. The number of rotatable bonds is 50. The summed E-state index contributed by atoms with van der Waals surface area (Å²) < 4.78 is 34.8. The molecule has 0 aromatic carbocycles. The van der Waals surface area contributed by atoms with Crippen molar-refractivity contribution >= 4 is 13.8 Å². The van der Waals surface area contributed by atoms with E-state index in [1.54, 1.807) is 0 Å². The Balaban J connectivity index is 4.09. The lowest BCUT2D eigenvalue weighted by Crippen LogP contribution is -2.37. The van der Waals surface area contributed by atoms with Crippen molar-refractivity contribution in [1.82, 2.24) is 0 Å². The van der Waals surface area contributed by atoms with Crippen LogP contribution < -0.4 is 4.89 Å². The normalized spacial score (nSPS) is 13.6. The number of quaternary nitrogens is 1. The van der Waals surface area contributed by atoms with Gasteiger partial charge in [0.15, 0.2) is 0 Å². The molecule has 0 N–H and O–H groups in total. The molecule has 0 saturated carbocycles. The van der Waals surface area contributed by atoms with Gasteiger partial charge in [-0.2, -0.15) is 0 Å². The van der Waals surface area contributed by atoms with Crippen molar-refractivity contribution in [1.29, 1.82) is 0 Å². The number of hydrogen-bond acceptors (Lipinski definition) is 7. The van der Waals surface area contributed by atoms with Crippen LogP contribution >= 0.6 is 7.82 Å². The van der Waals surface area contributed by atoms with E-state index in [1.165, 1.54) is 205 Å². The fourth-order valence-corrected chi connectivity index (χ4v) is 8.45. The lowest BCUT2D eigenvalue weighted by molar-refractivity contribution is -0.870. The molecule has 0 aromatic rings. The third-order valence-corrected chi connectivity index (χ3v) is 12.8. The Labute approximate surface area is 380 Å².